The Kier molecular flexibility index (Phi) is 21.0. The molecular weight excluding hydrogens is 520 g/mol. The summed E-state index contributed by atoms with van der Waals surface area (Å²) in [6, 6.07) is 7.45. The number of unbranched alkanes of at least 4 members (excludes halogenated alkanes) is 2. The largest absolute Gasteiger partial charge is 0.491 e. The average Bonchev–Trinajstić information content (AvgIpc) is 2.94. The smallest absolute Gasteiger partial charge is 0.333 e. The first-order chi connectivity index (χ1) is 19.4. The maximum Gasteiger partial charge on any atom is 0.333 e. The highest BCUT2D eigenvalue weighted by atomic mass is 16.6. The minimum absolute atomic E-state index is 0.236. The molecule has 226 valence electrons. The van der Waals surface area contributed by atoms with Crippen molar-refractivity contribution in [2.75, 3.05) is 79.3 Å². The molecule has 0 aliphatic rings. The molecule has 0 fully saturated rings. The number of ether oxygens (including phenoxy) is 8. The van der Waals surface area contributed by atoms with E-state index in [0.29, 0.717) is 77.2 Å². The lowest BCUT2D eigenvalue weighted by atomic mass is 10.3. The fraction of sp³-hybridized carbons (Fsp3) is 0.600. The van der Waals surface area contributed by atoms with Crippen LogP contribution in [0.4, 0.5) is 0 Å². The number of esters is 2. The normalized spacial score (nSPS) is 10.7. The molecule has 1 aromatic carbocycles. The van der Waals surface area contributed by atoms with Crippen LogP contribution in [0.5, 0.6) is 11.5 Å². The Labute approximate surface area is 238 Å². The second kappa shape index (κ2) is 23.9. The fourth-order valence-electron chi connectivity index (χ4n) is 2.93. The number of carbonyl (C=O) groups is 2. The molecule has 0 radical (unpaired) electrons. The molecule has 0 unspecified atom stereocenters. The van der Waals surface area contributed by atoms with Gasteiger partial charge in [0.15, 0.2) is 0 Å². The number of benzene rings is 1. The Bertz CT molecular complexity index is 768. The molecule has 0 N–H and O–H groups in total. The summed E-state index contributed by atoms with van der Waals surface area (Å²) >= 11 is 0. The van der Waals surface area contributed by atoms with Gasteiger partial charge in [-0.15, -0.1) is 0 Å². The molecule has 10 heteroatoms. The van der Waals surface area contributed by atoms with Gasteiger partial charge >= 0.3 is 11.9 Å². The Hall–Kier alpha value is -2.92. The predicted octanol–water partition coefficient (Wildman–Crippen LogP) is 4.31. The minimum atomic E-state index is -0.393. The first-order valence-electron chi connectivity index (χ1n) is 13.7. The molecule has 0 spiro atoms. The van der Waals surface area contributed by atoms with Gasteiger partial charge in [-0.2, -0.15) is 0 Å². The molecule has 40 heavy (non-hydrogen) atoms. The van der Waals surface area contributed by atoms with E-state index in [4.69, 9.17) is 37.9 Å². The summed E-state index contributed by atoms with van der Waals surface area (Å²) in [6.45, 7) is 15.9. The van der Waals surface area contributed by atoms with E-state index in [0.717, 1.165) is 37.2 Å². The van der Waals surface area contributed by atoms with Gasteiger partial charge in [0.05, 0.1) is 26.4 Å². The molecule has 0 bridgehead atoms. The lowest BCUT2D eigenvalue weighted by Crippen LogP contribution is -2.12. The van der Waals surface area contributed by atoms with E-state index in [-0.39, 0.29) is 13.2 Å². The third-order valence-corrected chi connectivity index (χ3v) is 5.09. The van der Waals surface area contributed by atoms with Gasteiger partial charge in [0, 0.05) is 37.6 Å². The summed E-state index contributed by atoms with van der Waals surface area (Å²) in [4.78, 5) is 22.4. The lowest BCUT2D eigenvalue weighted by Gasteiger charge is -2.10. The van der Waals surface area contributed by atoms with Gasteiger partial charge < -0.3 is 37.9 Å². The monoisotopic (exact) mass is 566 g/mol. The molecule has 1 aromatic rings. The molecule has 0 amide bonds. The van der Waals surface area contributed by atoms with Crippen molar-refractivity contribution in [1.29, 1.82) is 0 Å². The predicted molar refractivity (Wildman–Crippen MR) is 151 cm³/mol. The zero-order valence-electron chi connectivity index (χ0n) is 24.1. The molecule has 0 aromatic heterocycles. The van der Waals surface area contributed by atoms with Crippen LogP contribution in [-0.4, -0.2) is 91.2 Å². The van der Waals surface area contributed by atoms with Crippen molar-refractivity contribution >= 4 is 11.9 Å². The van der Waals surface area contributed by atoms with E-state index in [1.165, 1.54) is 0 Å². The maximum absolute atomic E-state index is 11.2. The van der Waals surface area contributed by atoms with Crippen molar-refractivity contribution in [3.63, 3.8) is 0 Å². The maximum atomic E-state index is 11.2. The SMILES string of the molecule is C=C(C)C(=O)OCCOCCCCOCCOc1ccc(OCCOCCCCOCCOC(=O)C(=C)C)cc1. The molecule has 1 rings (SSSR count). The van der Waals surface area contributed by atoms with Crippen molar-refractivity contribution in [3.8, 4) is 11.5 Å². The zero-order valence-corrected chi connectivity index (χ0v) is 24.1. The molecule has 10 nitrogen and oxygen atoms in total. The van der Waals surface area contributed by atoms with E-state index in [1.807, 2.05) is 24.3 Å². The fourth-order valence-corrected chi connectivity index (χ4v) is 2.93. The van der Waals surface area contributed by atoms with Crippen molar-refractivity contribution in [2.45, 2.75) is 39.5 Å². The lowest BCUT2D eigenvalue weighted by molar-refractivity contribution is -0.141. The molecule has 0 atom stereocenters. The van der Waals surface area contributed by atoms with Gasteiger partial charge in [-0.1, -0.05) is 13.2 Å². The van der Waals surface area contributed by atoms with E-state index in [2.05, 4.69) is 13.2 Å². The highest BCUT2D eigenvalue weighted by molar-refractivity contribution is 5.87. The third-order valence-electron chi connectivity index (χ3n) is 5.09. The molecular formula is C30H46O10. The van der Waals surface area contributed by atoms with Gasteiger partial charge in [-0.05, 0) is 63.8 Å². The second-order valence-electron chi connectivity index (χ2n) is 8.86. The highest BCUT2D eigenvalue weighted by Gasteiger charge is 2.03. The van der Waals surface area contributed by atoms with E-state index < -0.39 is 11.9 Å². The Morgan fingerprint density at radius 2 is 0.800 bits per heavy atom. The van der Waals surface area contributed by atoms with Gasteiger partial charge in [-0.3, -0.25) is 0 Å². The van der Waals surface area contributed by atoms with E-state index >= 15 is 0 Å². The highest BCUT2D eigenvalue weighted by Crippen LogP contribution is 2.17. The van der Waals surface area contributed by atoms with Crippen LogP contribution in [0.15, 0.2) is 48.6 Å². The van der Waals surface area contributed by atoms with Gasteiger partial charge in [0.25, 0.3) is 0 Å². The van der Waals surface area contributed by atoms with Crippen LogP contribution in [0.25, 0.3) is 0 Å². The first-order valence-corrected chi connectivity index (χ1v) is 13.7. The van der Waals surface area contributed by atoms with Crippen LogP contribution in [0.3, 0.4) is 0 Å². The summed E-state index contributed by atoms with van der Waals surface area (Å²) in [7, 11) is 0. The number of rotatable bonds is 26. The van der Waals surface area contributed by atoms with Crippen molar-refractivity contribution in [1.82, 2.24) is 0 Å². The van der Waals surface area contributed by atoms with Crippen LogP contribution in [0.1, 0.15) is 39.5 Å². The topological polar surface area (TPSA) is 108 Å². The van der Waals surface area contributed by atoms with Crippen LogP contribution in [0, 0.1) is 0 Å². The minimum Gasteiger partial charge on any atom is -0.491 e. The van der Waals surface area contributed by atoms with Gasteiger partial charge in [-0.25, -0.2) is 9.59 Å². The van der Waals surface area contributed by atoms with Gasteiger partial charge in [0.2, 0.25) is 0 Å². The summed E-state index contributed by atoms with van der Waals surface area (Å²) in [5.74, 6) is 0.721. The van der Waals surface area contributed by atoms with Crippen molar-refractivity contribution in [2.24, 2.45) is 0 Å². The molecule has 0 aliphatic heterocycles. The Morgan fingerprint density at radius 3 is 1.10 bits per heavy atom. The summed E-state index contributed by atoms with van der Waals surface area (Å²) in [5, 5.41) is 0. The number of hydrogen-bond donors (Lipinski definition) is 0. The quantitative estimate of drug-likeness (QED) is 0.0914. The third kappa shape index (κ3) is 20.0. The van der Waals surface area contributed by atoms with Crippen molar-refractivity contribution < 1.29 is 47.5 Å². The summed E-state index contributed by atoms with van der Waals surface area (Å²) in [5.41, 5.74) is 0.769. The van der Waals surface area contributed by atoms with Crippen LogP contribution in [0.2, 0.25) is 0 Å². The summed E-state index contributed by atoms with van der Waals surface area (Å²) < 4.78 is 43.2. The first kappa shape index (κ1) is 35.1. The van der Waals surface area contributed by atoms with Crippen molar-refractivity contribution in [3.05, 3.63) is 48.6 Å². The van der Waals surface area contributed by atoms with Gasteiger partial charge in [0.1, 0.15) is 37.9 Å². The summed E-state index contributed by atoms with van der Waals surface area (Å²) in [6.07, 6.45) is 3.50. The molecule has 0 saturated heterocycles. The van der Waals surface area contributed by atoms with E-state index in [9.17, 15) is 9.59 Å². The number of hydrogen-bond acceptors (Lipinski definition) is 10. The zero-order chi connectivity index (χ0) is 29.3. The average molecular weight is 567 g/mol. The Morgan fingerprint density at radius 1 is 0.500 bits per heavy atom. The van der Waals surface area contributed by atoms with E-state index in [1.54, 1.807) is 13.8 Å². The van der Waals surface area contributed by atoms with Crippen LogP contribution >= 0.6 is 0 Å². The molecule has 0 saturated carbocycles. The van der Waals surface area contributed by atoms with Crippen LogP contribution < -0.4 is 9.47 Å². The molecule has 0 aliphatic carbocycles. The number of carbonyl (C=O) groups excluding carboxylic acids is 2. The Balaban J connectivity index is 1.88. The standard InChI is InChI=1S/C30H46O10/c1-25(2)29(31)39-23-19-35-15-7-5-13-33-17-21-37-27-9-11-28(12-10-27)38-22-18-34-14-6-8-16-36-20-24-40-30(32)26(3)4/h9-12H,1,3,5-8,13-24H2,2,4H3. The molecule has 0 heterocycles. The van der Waals surface area contributed by atoms with Crippen LogP contribution in [-0.2, 0) is 38.0 Å². The second-order valence-corrected chi connectivity index (χ2v) is 8.86.